The smallest absolute Gasteiger partial charge is 0.321 e. The molecule has 0 atom stereocenters. The third-order valence-corrected chi connectivity index (χ3v) is 3.64. The van der Waals surface area contributed by atoms with E-state index in [2.05, 4.69) is 12.2 Å². The SMILES string of the molecule is CCc1ccccc1NC(=O)N(C)CCCOc1ccccc1. The predicted octanol–water partition coefficient (Wildman–Crippen LogP) is 4.18. The summed E-state index contributed by atoms with van der Waals surface area (Å²) < 4.78 is 5.63. The molecule has 2 aromatic rings. The fraction of sp³-hybridized carbons (Fsp3) is 0.316. The van der Waals surface area contributed by atoms with E-state index in [1.54, 1.807) is 11.9 Å². The molecule has 0 saturated heterocycles. The molecule has 0 aromatic heterocycles. The Morgan fingerprint density at radius 3 is 2.52 bits per heavy atom. The Labute approximate surface area is 138 Å². The van der Waals surface area contributed by atoms with E-state index < -0.39 is 0 Å². The predicted molar refractivity (Wildman–Crippen MR) is 94.0 cm³/mol. The Bertz CT molecular complexity index is 614. The first-order valence-corrected chi connectivity index (χ1v) is 7.98. The van der Waals surface area contributed by atoms with Crippen molar-refractivity contribution in [2.45, 2.75) is 19.8 Å². The highest BCUT2D eigenvalue weighted by atomic mass is 16.5. The van der Waals surface area contributed by atoms with E-state index in [0.29, 0.717) is 13.2 Å². The van der Waals surface area contributed by atoms with Crippen molar-refractivity contribution < 1.29 is 9.53 Å². The molecule has 0 aliphatic heterocycles. The molecule has 2 aromatic carbocycles. The van der Waals surface area contributed by atoms with Crippen molar-refractivity contribution in [1.29, 1.82) is 0 Å². The number of rotatable bonds is 7. The second kappa shape index (κ2) is 8.83. The minimum Gasteiger partial charge on any atom is -0.494 e. The first-order valence-electron chi connectivity index (χ1n) is 7.98. The zero-order valence-corrected chi connectivity index (χ0v) is 13.8. The monoisotopic (exact) mass is 312 g/mol. The molecule has 0 unspecified atom stereocenters. The molecule has 2 rings (SSSR count). The van der Waals surface area contributed by atoms with Crippen molar-refractivity contribution >= 4 is 11.7 Å². The summed E-state index contributed by atoms with van der Waals surface area (Å²) in [6.07, 6.45) is 1.68. The molecule has 4 heteroatoms. The van der Waals surface area contributed by atoms with Crippen LogP contribution in [0, 0.1) is 0 Å². The Hall–Kier alpha value is -2.49. The zero-order chi connectivity index (χ0) is 16.5. The summed E-state index contributed by atoms with van der Waals surface area (Å²) in [4.78, 5) is 13.9. The molecule has 0 spiro atoms. The average Bonchev–Trinajstić information content (AvgIpc) is 2.60. The van der Waals surface area contributed by atoms with E-state index >= 15 is 0 Å². The van der Waals surface area contributed by atoms with E-state index in [9.17, 15) is 4.79 Å². The standard InChI is InChI=1S/C19H24N2O2/c1-3-16-10-7-8-13-18(16)20-19(22)21(2)14-9-15-23-17-11-5-4-6-12-17/h4-8,10-13H,3,9,14-15H2,1-2H3,(H,20,22). The third-order valence-electron chi connectivity index (χ3n) is 3.64. The Kier molecular flexibility index (Phi) is 6.48. The lowest BCUT2D eigenvalue weighted by Gasteiger charge is -2.19. The number of hydrogen-bond acceptors (Lipinski definition) is 2. The lowest BCUT2D eigenvalue weighted by atomic mass is 10.1. The number of para-hydroxylation sites is 2. The van der Waals surface area contributed by atoms with E-state index in [1.807, 2.05) is 54.6 Å². The third kappa shape index (κ3) is 5.33. The van der Waals surface area contributed by atoms with Gasteiger partial charge in [0, 0.05) is 19.3 Å². The van der Waals surface area contributed by atoms with Crippen LogP contribution in [-0.4, -0.2) is 31.1 Å². The van der Waals surface area contributed by atoms with E-state index in [4.69, 9.17) is 4.74 Å². The number of amides is 2. The van der Waals surface area contributed by atoms with Crippen LogP contribution in [0.3, 0.4) is 0 Å². The summed E-state index contributed by atoms with van der Waals surface area (Å²) in [6, 6.07) is 17.5. The quantitative estimate of drug-likeness (QED) is 0.779. The van der Waals surface area contributed by atoms with Gasteiger partial charge in [0.1, 0.15) is 5.75 Å². The number of urea groups is 1. The molecule has 23 heavy (non-hydrogen) atoms. The lowest BCUT2D eigenvalue weighted by Crippen LogP contribution is -2.33. The van der Waals surface area contributed by atoms with Crippen LogP contribution in [0.25, 0.3) is 0 Å². The van der Waals surface area contributed by atoms with Gasteiger partial charge in [-0.2, -0.15) is 0 Å². The van der Waals surface area contributed by atoms with E-state index in [0.717, 1.165) is 29.8 Å². The highest BCUT2D eigenvalue weighted by Crippen LogP contribution is 2.16. The highest BCUT2D eigenvalue weighted by Gasteiger charge is 2.10. The van der Waals surface area contributed by atoms with Crippen LogP contribution in [0.2, 0.25) is 0 Å². The summed E-state index contributed by atoms with van der Waals surface area (Å²) >= 11 is 0. The molecule has 122 valence electrons. The van der Waals surface area contributed by atoms with Crippen LogP contribution in [0.5, 0.6) is 5.75 Å². The number of anilines is 1. The topological polar surface area (TPSA) is 41.6 Å². The van der Waals surface area contributed by atoms with Gasteiger partial charge in [-0.15, -0.1) is 0 Å². The summed E-state index contributed by atoms with van der Waals surface area (Å²) in [6.45, 7) is 3.32. The normalized spacial score (nSPS) is 10.2. The average molecular weight is 312 g/mol. The molecule has 4 nitrogen and oxygen atoms in total. The van der Waals surface area contributed by atoms with E-state index in [-0.39, 0.29) is 6.03 Å². The number of nitrogens with one attached hydrogen (secondary N) is 1. The van der Waals surface area contributed by atoms with Crippen LogP contribution in [-0.2, 0) is 6.42 Å². The van der Waals surface area contributed by atoms with Gasteiger partial charge < -0.3 is 15.0 Å². The largest absolute Gasteiger partial charge is 0.494 e. The zero-order valence-electron chi connectivity index (χ0n) is 13.8. The van der Waals surface area contributed by atoms with Gasteiger partial charge in [0.2, 0.25) is 0 Å². The number of carbonyl (C=O) groups excluding carboxylic acids is 1. The Balaban J connectivity index is 1.74. The maximum Gasteiger partial charge on any atom is 0.321 e. The minimum atomic E-state index is -0.0920. The van der Waals surface area contributed by atoms with Gasteiger partial charge in [0.25, 0.3) is 0 Å². The van der Waals surface area contributed by atoms with Crippen LogP contribution >= 0.6 is 0 Å². The molecular weight excluding hydrogens is 288 g/mol. The summed E-state index contributed by atoms with van der Waals surface area (Å²) in [5.41, 5.74) is 2.02. The number of aryl methyl sites for hydroxylation is 1. The molecule has 1 N–H and O–H groups in total. The lowest BCUT2D eigenvalue weighted by molar-refractivity contribution is 0.216. The summed E-state index contributed by atoms with van der Waals surface area (Å²) in [5.74, 6) is 0.858. The van der Waals surface area contributed by atoms with Gasteiger partial charge in [-0.25, -0.2) is 4.79 Å². The summed E-state index contributed by atoms with van der Waals surface area (Å²) in [7, 11) is 1.80. The van der Waals surface area contributed by atoms with E-state index in [1.165, 1.54) is 0 Å². The summed E-state index contributed by atoms with van der Waals surface area (Å²) in [5, 5.41) is 2.97. The van der Waals surface area contributed by atoms with Crippen molar-refractivity contribution in [1.82, 2.24) is 4.90 Å². The van der Waals surface area contributed by atoms with Crippen LogP contribution in [0.1, 0.15) is 18.9 Å². The van der Waals surface area contributed by atoms with Gasteiger partial charge in [0.15, 0.2) is 0 Å². The van der Waals surface area contributed by atoms with Crippen LogP contribution in [0.15, 0.2) is 54.6 Å². The van der Waals surface area contributed by atoms with Gasteiger partial charge >= 0.3 is 6.03 Å². The molecule has 0 radical (unpaired) electrons. The maximum atomic E-state index is 12.2. The van der Waals surface area contributed by atoms with Crippen LogP contribution in [0.4, 0.5) is 10.5 Å². The van der Waals surface area contributed by atoms with Crippen LogP contribution < -0.4 is 10.1 Å². The molecular formula is C19H24N2O2. The maximum absolute atomic E-state index is 12.2. The van der Waals surface area contributed by atoms with Gasteiger partial charge in [0.05, 0.1) is 6.61 Å². The fourth-order valence-electron chi connectivity index (χ4n) is 2.27. The van der Waals surface area contributed by atoms with Crippen molar-refractivity contribution in [3.05, 3.63) is 60.2 Å². The minimum absolute atomic E-state index is 0.0920. The molecule has 0 saturated carbocycles. The first-order chi connectivity index (χ1) is 11.2. The fourth-order valence-corrected chi connectivity index (χ4v) is 2.27. The van der Waals surface area contributed by atoms with Gasteiger partial charge in [-0.1, -0.05) is 43.3 Å². The number of hydrogen-bond donors (Lipinski definition) is 1. The first kappa shape index (κ1) is 16.9. The van der Waals surface area contributed by atoms with Crippen molar-refractivity contribution in [2.24, 2.45) is 0 Å². The van der Waals surface area contributed by atoms with Gasteiger partial charge in [-0.3, -0.25) is 0 Å². The van der Waals surface area contributed by atoms with Gasteiger partial charge in [-0.05, 0) is 36.6 Å². The Morgan fingerprint density at radius 2 is 1.78 bits per heavy atom. The number of ether oxygens (including phenoxy) is 1. The number of nitrogens with zero attached hydrogens (tertiary/aromatic N) is 1. The second-order valence-electron chi connectivity index (χ2n) is 5.38. The second-order valence-corrected chi connectivity index (χ2v) is 5.38. The number of carbonyl (C=O) groups is 1. The van der Waals surface area contributed by atoms with Crippen molar-refractivity contribution in [3.8, 4) is 5.75 Å². The van der Waals surface area contributed by atoms with Crippen molar-refractivity contribution in [3.63, 3.8) is 0 Å². The molecule has 2 amide bonds. The van der Waals surface area contributed by atoms with Crippen molar-refractivity contribution in [2.75, 3.05) is 25.5 Å². The molecule has 0 bridgehead atoms. The molecule has 0 fully saturated rings. The Morgan fingerprint density at radius 1 is 1.09 bits per heavy atom. The molecule has 0 aliphatic rings. The molecule has 0 heterocycles. The number of benzene rings is 2. The highest BCUT2D eigenvalue weighted by molar-refractivity contribution is 5.89. The molecule has 0 aliphatic carbocycles.